The van der Waals surface area contributed by atoms with Crippen molar-refractivity contribution in [1.29, 1.82) is 0 Å². The molecule has 9 N–H and O–H groups in total. The van der Waals surface area contributed by atoms with Crippen LogP contribution in [0.1, 0.15) is 74.5 Å². The number of aromatic hydroxyl groups is 1. The third-order valence-corrected chi connectivity index (χ3v) is 10.5. The molecule has 1 aliphatic heterocycles. The summed E-state index contributed by atoms with van der Waals surface area (Å²) in [5.74, 6) is -1.70. The number of nitrogens with two attached hydrogens (primary N) is 2. The van der Waals surface area contributed by atoms with Crippen LogP contribution in [-0.2, 0) is 38.4 Å². The molecular formula is C43H56N8O5. The zero-order valence-corrected chi connectivity index (χ0v) is 32.2. The number of hydrogen-bond donors (Lipinski definition) is 7. The summed E-state index contributed by atoms with van der Waals surface area (Å²) in [6.45, 7) is 0.238. The number of likely N-dealkylation sites (N-methyl/N-ethyl adjacent to an activating group) is 1. The van der Waals surface area contributed by atoms with Crippen LogP contribution in [0.3, 0.4) is 0 Å². The van der Waals surface area contributed by atoms with Crippen molar-refractivity contribution in [3.05, 3.63) is 102 Å². The predicted molar refractivity (Wildman–Crippen MR) is 218 cm³/mol. The maximum atomic E-state index is 14.3. The van der Waals surface area contributed by atoms with E-state index >= 15 is 0 Å². The van der Waals surface area contributed by atoms with E-state index in [0.717, 1.165) is 53.3 Å². The number of phenolic OH excluding ortho intramolecular Hbond substituents is 1. The number of nitrogens with one attached hydrogen (secondary N) is 4. The average molecular weight is 765 g/mol. The van der Waals surface area contributed by atoms with Crippen molar-refractivity contribution in [1.82, 2.24) is 25.8 Å². The highest BCUT2D eigenvalue weighted by Crippen LogP contribution is 2.22. The number of H-pyrrole nitrogens is 1. The van der Waals surface area contributed by atoms with Crippen LogP contribution in [0.5, 0.6) is 5.75 Å². The molecule has 3 aromatic carbocycles. The second kappa shape index (κ2) is 20.7. The SMILES string of the molecule is CN1C(=O)CCCCCCC[C@@H](Cc2ccc(O)cc2)C(=O)N[C@H](Cc2ccccc2)C(=O)N[C@@H](CCCN=C(N)N)C(=O)N[C@H]1Cc1c[nH]c2ccccc12. The van der Waals surface area contributed by atoms with Gasteiger partial charge in [0.2, 0.25) is 23.6 Å². The van der Waals surface area contributed by atoms with Gasteiger partial charge in [0.1, 0.15) is 24.0 Å². The Bertz CT molecular complexity index is 1930. The van der Waals surface area contributed by atoms with Crippen LogP contribution in [0.4, 0.5) is 0 Å². The van der Waals surface area contributed by atoms with Crippen molar-refractivity contribution in [3.63, 3.8) is 0 Å². The standard InChI is InChI=1S/C43H56N8O5/c1-51-38(27-32-28-47-35-17-11-10-16-34(32)35)50-41(55)36(18-12-24-46-43(44)45)48-42(56)37(26-29-13-6-5-7-14-29)49-40(54)31(25-30-20-22-33(52)23-21-30)15-8-3-2-4-9-19-39(51)53/h5-7,10-11,13-14,16-17,20-23,28,31,36-38,47,52H,2-4,8-9,12,15,18-19,24-27H2,1H3,(H,48,56)(H,49,54)(H,50,55)(H4,44,45,46)/t31-,36-,37+,38+/m0/s1. The fourth-order valence-corrected chi connectivity index (χ4v) is 7.24. The van der Waals surface area contributed by atoms with Crippen molar-refractivity contribution in [3.8, 4) is 5.75 Å². The smallest absolute Gasteiger partial charge is 0.244 e. The van der Waals surface area contributed by atoms with Gasteiger partial charge in [-0.3, -0.25) is 24.2 Å². The van der Waals surface area contributed by atoms with Crippen molar-refractivity contribution in [2.45, 2.75) is 95.3 Å². The lowest BCUT2D eigenvalue weighted by Gasteiger charge is -2.31. The first kappa shape index (κ1) is 41.3. The average Bonchev–Trinajstić information content (AvgIpc) is 3.60. The molecule has 0 unspecified atom stereocenters. The molecular weight excluding hydrogens is 709 g/mol. The molecule has 5 rings (SSSR count). The number of benzene rings is 3. The van der Waals surface area contributed by atoms with Gasteiger partial charge in [-0.2, -0.15) is 0 Å². The molecule has 298 valence electrons. The first-order valence-electron chi connectivity index (χ1n) is 19.7. The third-order valence-electron chi connectivity index (χ3n) is 10.5. The second-order valence-corrected chi connectivity index (χ2v) is 14.7. The van der Waals surface area contributed by atoms with Crippen molar-refractivity contribution in [2.24, 2.45) is 22.4 Å². The highest BCUT2D eigenvalue weighted by Gasteiger charge is 2.32. The minimum Gasteiger partial charge on any atom is -0.508 e. The van der Waals surface area contributed by atoms with Crippen molar-refractivity contribution in [2.75, 3.05) is 13.6 Å². The molecule has 4 atom stereocenters. The lowest BCUT2D eigenvalue weighted by molar-refractivity contribution is -0.136. The Balaban J connectivity index is 1.46. The molecule has 0 radical (unpaired) electrons. The summed E-state index contributed by atoms with van der Waals surface area (Å²) in [6, 6.07) is 22.1. The first-order chi connectivity index (χ1) is 27.1. The van der Waals surface area contributed by atoms with E-state index in [2.05, 4.69) is 25.9 Å². The van der Waals surface area contributed by atoms with Crippen LogP contribution in [0.25, 0.3) is 10.9 Å². The Labute approximate surface area is 328 Å². The van der Waals surface area contributed by atoms with E-state index in [-0.39, 0.29) is 42.9 Å². The van der Waals surface area contributed by atoms with Gasteiger partial charge in [-0.25, -0.2) is 0 Å². The second-order valence-electron chi connectivity index (χ2n) is 14.7. The molecule has 4 amide bonds. The largest absolute Gasteiger partial charge is 0.508 e. The van der Waals surface area contributed by atoms with Gasteiger partial charge >= 0.3 is 0 Å². The summed E-state index contributed by atoms with van der Waals surface area (Å²) in [5.41, 5.74) is 14.8. The molecule has 1 fully saturated rings. The molecule has 0 aliphatic carbocycles. The number of aliphatic imine (C=N–C) groups is 1. The lowest BCUT2D eigenvalue weighted by atomic mass is 9.91. The van der Waals surface area contributed by atoms with E-state index in [1.807, 2.05) is 60.8 Å². The number of carbonyl (C=O) groups is 4. The van der Waals surface area contributed by atoms with Crippen LogP contribution < -0.4 is 27.4 Å². The van der Waals surface area contributed by atoms with Crippen LogP contribution in [0, 0.1) is 5.92 Å². The van der Waals surface area contributed by atoms with E-state index in [4.69, 9.17) is 11.5 Å². The molecule has 13 heteroatoms. The number of aromatic amines is 1. The Kier molecular flexibility index (Phi) is 15.3. The lowest BCUT2D eigenvalue weighted by Crippen LogP contribution is -2.58. The topological polar surface area (TPSA) is 208 Å². The monoisotopic (exact) mass is 764 g/mol. The summed E-state index contributed by atoms with van der Waals surface area (Å²) >= 11 is 0. The van der Waals surface area contributed by atoms with Gasteiger partial charge in [0.15, 0.2) is 5.96 Å². The number of amides is 4. The van der Waals surface area contributed by atoms with E-state index in [0.29, 0.717) is 38.5 Å². The van der Waals surface area contributed by atoms with Crippen LogP contribution in [0.15, 0.2) is 90.1 Å². The summed E-state index contributed by atoms with van der Waals surface area (Å²) < 4.78 is 0. The van der Waals surface area contributed by atoms with Gasteiger partial charge in [0, 0.05) is 55.9 Å². The quantitative estimate of drug-likeness (QED) is 0.0712. The minimum atomic E-state index is -1.03. The zero-order chi connectivity index (χ0) is 39.9. The summed E-state index contributed by atoms with van der Waals surface area (Å²) in [4.78, 5) is 65.4. The van der Waals surface area contributed by atoms with Crippen LogP contribution in [-0.4, -0.2) is 76.4 Å². The molecule has 1 aliphatic rings. The van der Waals surface area contributed by atoms with E-state index in [9.17, 15) is 24.3 Å². The number of nitrogens with zero attached hydrogens (tertiary/aromatic N) is 2. The molecule has 1 saturated heterocycles. The fourth-order valence-electron chi connectivity index (χ4n) is 7.24. The number of guanidine groups is 1. The molecule has 1 aromatic heterocycles. The van der Waals surface area contributed by atoms with Gasteiger partial charge in [-0.1, -0.05) is 86.3 Å². The molecule has 13 nitrogen and oxygen atoms in total. The maximum Gasteiger partial charge on any atom is 0.244 e. The molecule has 2 heterocycles. The summed E-state index contributed by atoms with van der Waals surface area (Å²) in [7, 11) is 1.70. The van der Waals surface area contributed by atoms with Gasteiger partial charge < -0.3 is 42.4 Å². The van der Waals surface area contributed by atoms with Crippen molar-refractivity contribution >= 4 is 40.5 Å². The molecule has 56 heavy (non-hydrogen) atoms. The van der Waals surface area contributed by atoms with Crippen LogP contribution >= 0.6 is 0 Å². The summed E-state index contributed by atoms with van der Waals surface area (Å²) in [5, 5.41) is 19.9. The Hall–Kier alpha value is -5.85. The van der Waals surface area contributed by atoms with E-state index in [1.54, 1.807) is 36.2 Å². The molecule has 4 aromatic rings. The Morgan fingerprint density at radius 3 is 2.18 bits per heavy atom. The van der Waals surface area contributed by atoms with Gasteiger partial charge in [0.05, 0.1) is 0 Å². The van der Waals surface area contributed by atoms with Crippen LogP contribution in [0.2, 0.25) is 0 Å². The molecule has 0 saturated carbocycles. The van der Waals surface area contributed by atoms with Gasteiger partial charge in [0.25, 0.3) is 0 Å². The van der Waals surface area contributed by atoms with Crippen molar-refractivity contribution < 1.29 is 24.3 Å². The first-order valence-corrected chi connectivity index (χ1v) is 19.7. The predicted octanol–water partition coefficient (Wildman–Crippen LogP) is 4.19. The fraction of sp³-hybridized carbons (Fsp3) is 0.419. The highest BCUT2D eigenvalue weighted by molar-refractivity contribution is 5.93. The maximum absolute atomic E-state index is 14.3. The van der Waals surface area contributed by atoms with Gasteiger partial charge in [-0.05, 0) is 67.0 Å². The number of aromatic nitrogens is 1. The highest BCUT2D eigenvalue weighted by atomic mass is 16.3. The molecule has 0 bridgehead atoms. The van der Waals surface area contributed by atoms with E-state index in [1.165, 1.54) is 0 Å². The Morgan fingerprint density at radius 1 is 0.750 bits per heavy atom. The van der Waals surface area contributed by atoms with Gasteiger partial charge in [-0.15, -0.1) is 0 Å². The summed E-state index contributed by atoms with van der Waals surface area (Å²) in [6.07, 6.45) is 7.77. The number of carbonyl (C=O) groups excluding carboxylic acids is 4. The third kappa shape index (κ3) is 12.3. The van der Waals surface area contributed by atoms with E-state index < -0.39 is 36.0 Å². The normalized spacial score (nSPS) is 20.9. The number of hydrogen-bond acceptors (Lipinski definition) is 6. The minimum absolute atomic E-state index is 0.0783. The Morgan fingerprint density at radius 2 is 1.41 bits per heavy atom. The molecule has 0 spiro atoms. The number of rotatable bonds is 10. The number of para-hydroxylation sites is 1. The zero-order valence-electron chi connectivity index (χ0n) is 32.2. The number of fused-ring (bicyclic) bond motifs is 1. The number of phenols is 1.